The summed E-state index contributed by atoms with van der Waals surface area (Å²) < 4.78 is 10.8. The first-order valence-electron chi connectivity index (χ1n) is 8.44. The zero-order chi connectivity index (χ0) is 17.5. The number of amides is 3. The van der Waals surface area contributed by atoms with Gasteiger partial charge in [0.1, 0.15) is 11.0 Å². The van der Waals surface area contributed by atoms with Gasteiger partial charge < -0.3 is 14.4 Å². The van der Waals surface area contributed by atoms with Gasteiger partial charge in [-0.15, -0.1) is 0 Å². The first kappa shape index (κ1) is 17.0. The van der Waals surface area contributed by atoms with Gasteiger partial charge in [0.05, 0.1) is 26.3 Å². The first-order valence-corrected chi connectivity index (χ1v) is 8.44. The lowest BCUT2D eigenvalue weighted by Gasteiger charge is -2.37. The number of ether oxygens (including phenoxy) is 2. The van der Waals surface area contributed by atoms with E-state index in [4.69, 9.17) is 9.47 Å². The van der Waals surface area contributed by atoms with Crippen LogP contribution < -0.4 is 0 Å². The average Bonchev–Trinajstić information content (AvgIpc) is 2.70. The van der Waals surface area contributed by atoms with Crippen LogP contribution >= 0.6 is 0 Å². The molecule has 3 amide bonds. The summed E-state index contributed by atoms with van der Waals surface area (Å²) >= 11 is 0. The van der Waals surface area contributed by atoms with Crippen molar-refractivity contribution >= 4 is 17.9 Å². The van der Waals surface area contributed by atoms with Crippen LogP contribution in [0.5, 0.6) is 0 Å². The van der Waals surface area contributed by atoms with Crippen LogP contribution in [0.4, 0.5) is 4.79 Å². The second-order valence-corrected chi connectivity index (χ2v) is 7.56. The predicted molar refractivity (Wildman–Crippen MR) is 83.7 cm³/mol. The minimum Gasteiger partial charge on any atom is -0.444 e. The third-order valence-corrected chi connectivity index (χ3v) is 4.62. The smallest absolute Gasteiger partial charge is 0.410 e. The van der Waals surface area contributed by atoms with Crippen molar-refractivity contribution in [2.75, 3.05) is 39.4 Å². The van der Waals surface area contributed by atoms with Crippen molar-refractivity contribution in [1.29, 1.82) is 0 Å². The van der Waals surface area contributed by atoms with Crippen molar-refractivity contribution < 1.29 is 23.9 Å². The molecule has 0 aromatic carbocycles. The van der Waals surface area contributed by atoms with E-state index >= 15 is 0 Å². The summed E-state index contributed by atoms with van der Waals surface area (Å²) in [6.07, 6.45) is 0.606. The van der Waals surface area contributed by atoms with Crippen molar-refractivity contribution in [3.8, 4) is 0 Å². The number of rotatable bonds is 0. The van der Waals surface area contributed by atoms with Gasteiger partial charge in [0, 0.05) is 13.1 Å². The van der Waals surface area contributed by atoms with E-state index in [1.807, 2.05) is 0 Å². The number of fused-ring (bicyclic) bond motifs is 1. The van der Waals surface area contributed by atoms with E-state index in [1.54, 1.807) is 20.8 Å². The summed E-state index contributed by atoms with van der Waals surface area (Å²) in [7, 11) is 0. The molecule has 3 aliphatic rings. The molecule has 134 valence electrons. The number of hydrogen-bond donors (Lipinski definition) is 0. The Hall–Kier alpha value is -1.83. The summed E-state index contributed by atoms with van der Waals surface area (Å²) in [5.74, 6) is -0.433. The molecule has 0 aliphatic carbocycles. The molecule has 3 heterocycles. The molecule has 3 saturated heterocycles. The van der Waals surface area contributed by atoms with E-state index in [-0.39, 0.29) is 18.4 Å². The molecule has 0 N–H and O–H groups in total. The van der Waals surface area contributed by atoms with Crippen molar-refractivity contribution in [2.24, 2.45) is 5.41 Å². The molecule has 0 atom stereocenters. The lowest BCUT2D eigenvalue weighted by Crippen LogP contribution is -2.53. The van der Waals surface area contributed by atoms with Crippen LogP contribution in [0.1, 0.15) is 33.6 Å². The maximum Gasteiger partial charge on any atom is 0.410 e. The number of hydrazine groups is 1. The topological polar surface area (TPSA) is 79.4 Å². The molecule has 0 saturated carbocycles. The highest BCUT2D eigenvalue weighted by molar-refractivity contribution is 6.10. The average molecular weight is 339 g/mol. The summed E-state index contributed by atoms with van der Waals surface area (Å²) in [6, 6.07) is 0. The molecule has 0 aromatic heterocycles. The molecule has 24 heavy (non-hydrogen) atoms. The third kappa shape index (κ3) is 2.83. The Bertz CT molecular complexity index is 532. The predicted octanol–water partition coefficient (Wildman–Crippen LogP) is 0.620. The molecule has 3 aliphatic heterocycles. The van der Waals surface area contributed by atoms with Crippen LogP contribution in [0.3, 0.4) is 0 Å². The van der Waals surface area contributed by atoms with Crippen LogP contribution in [0.15, 0.2) is 0 Å². The molecule has 3 fully saturated rings. The zero-order valence-corrected chi connectivity index (χ0v) is 14.5. The van der Waals surface area contributed by atoms with E-state index in [0.29, 0.717) is 45.7 Å². The highest BCUT2D eigenvalue weighted by Gasteiger charge is 2.60. The SMILES string of the molecule is CC(C)(C)OC(=O)N1CCCC2(C1)C(=O)N1CCOCCN1C2=O. The lowest BCUT2D eigenvalue weighted by molar-refractivity contribution is -0.145. The molecule has 1 spiro atoms. The summed E-state index contributed by atoms with van der Waals surface area (Å²) in [4.78, 5) is 39.8. The van der Waals surface area contributed by atoms with E-state index in [1.165, 1.54) is 14.9 Å². The van der Waals surface area contributed by atoms with E-state index in [0.717, 1.165) is 0 Å². The number of nitrogens with zero attached hydrogens (tertiary/aromatic N) is 3. The van der Waals surface area contributed by atoms with Gasteiger partial charge in [-0.1, -0.05) is 0 Å². The minimum atomic E-state index is -1.16. The Morgan fingerprint density at radius 1 is 1.08 bits per heavy atom. The Morgan fingerprint density at radius 2 is 1.67 bits per heavy atom. The number of carbonyl (C=O) groups is 3. The molecule has 0 bridgehead atoms. The Labute approximate surface area is 141 Å². The van der Waals surface area contributed by atoms with Crippen LogP contribution in [-0.2, 0) is 19.1 Å². The lowest BCUT2D eigenvalue weighted by atomic mass is 9.79. The maximum absolute atomic E-state index is 13.0. The van der Waals surface area contributed by atoms with Gasteiger partial charge in [-0.05, 0) is 33.6 Å². The van der Waals surface area contributed by atoms with E-state index < -0.39 is 17.1 Å². The number of carbonyl (C=O) groups excluding carboxylic acids is 3. The fraction of sp³-hybridized carbons (Fsp3) is 0.812. The summed E-state index contributed by atoms with van der Waals surface area (Å²) in [5, 5.41) is 2.99. The van der Waals surface area contributed by atoms with Crippen molar-refractivity contribution in [3.05, 3.63) is 0 Å². The van der Waals surface area contributed by atoms with Crippen LogP contribution in [0.2, 0.25) is 0 Å². The monoisotopic (exact) mass is 339 g/mol. The fourth-order valence-electron chi connectivity index (χ4n) is 3.54. The normalized spacial score (nSPS) is 24.2. The molecule has 0 unspecified atom stereocenters. The van der Waals surface area contributed by atoms with Crippen molar-refractivity contribution in [1.82, 2.24) is 14.9 Å². The molecular weight excluding hydrogens is 314 g/mol. The van der Waals surface area contributed by atoms with E-state index in [2.05, 4.69) is 0 Å². The highest BCUT2D eigenvalue weighted by atomic mass is 16.6. The second-order valence-electron chi connectivity index (χ2n) is 7.56. The molecular formula is C16H25N3O5. The van der Waals surface area contributed by atoms with Crippen molar-refractivity contribution in [3.63, 3.8) is 0 Å². The second kappa shape index (κ2) is 5.91. The quantitative estimate of drug-likeness (QED) is 0.605. The highest BCUT2D eigenvalue weighted by Crippen LogP contribution is 2.40. The molecule has 0 radical (unpaired) electrons. The summed E-state index contributed by atoms with van der Waals surface area (Å²) in [6.45, 7) is 7.57. The minimum absolute atomic E-state index is 0.0907. The van der Waals surface area contributed by atoms with Crippen LogP contribution in [0, 0.1) is 5.41 Å². The van der Waals surface area contributed by atoms with Gasteiger partial charge in [-0.3, -0.25) is 9.59 Å². The standard InChI is InChI=1S/C16H25N3O5/c1-15(2,3)24-14(22)17-6-4-5-16(11-17)12(20)18-7-9-23-10-8-19(18)13(16)21/h4-11H2,1-3H3. The van der Waals surface area contributed by atoms with Gasteiger partial charge in [0.15, 0.2) is 0 Å². The van der Waals surface area contributed by atoms with Gasteiger partial charge in [0.2, 0.25) is 0 Å². The molecule has 3 rings (SSSR count). The van der Waals surface area contributed by atoms with Crippen LogP contribution in [-0.4, -0.2) is 77.8 Å². The number of likely N-dealkylation sites (tertiary alicyclic amines) is 1. The van der Waals surface area contributed by atoms with Gasteiger partial charge >= 0.3 is 6.09 Å². The number of piperidine rings is 1. The fourth-order valence-corrected chi connectivity index (χ4v) is 3.54. The largest absolute Gasteiger partial charge is 0.444 e. The van der Waals surface area contributed by atoms with Gasteiger partial charge in [-0.2, -0.15) is 0 Å². The summed E-state index contributed by atoms with van der Waals surface area (Å²) in [5.41, 5.74) is -1.77. The van der Waals surface area contributed by atoms with Crippen LogP contribution in [0.25, 0.3) is 0 Å². The maximum atomic E-state index is 13.0. The van der Waals surface area contributed by atoms with Crippen molar-refractivity contribution in [2.45, 2.75) is 39.2 Å². The van der Waals surface area contributed by atoms with Gasteiger partial charge in [0.25, 0.3) is 11.8 Å². The molecule has 0 aromatic rings. The third-order valence-electron chi connectivity index (χ3n) is 4.62. The Kier molecular flexibility index (Phi) is 4.19. The Balaban J connectivity index is 1.81. The number of hydrogen-bond acceptors (Lipinski definition) is 5. The zero-order valence-electron chi connectivity index (χ0n) is 14.5. The molecule has 8 nitrogen and oxygen atoms in total. The Morgan fingerprint density at radius 3 is 2.21 bits per heavy atom. The van der Waals surface area contributed by atoms with Gasteiger partial charge in [-0.25, -0.2) is 14.8 Å². The molecule has 8 heteroatoms. The first-order chi connectivity index (χ1) is 11.2. The van der Waals surface area contributed by atoms with E-state index in [9.17, 15) is 14.4 Å².